The molecule has 2 atom stereocenters. The molecule has 0 aliphatic carbocycles. The molecule has 0 unspecified atom stereocenters. The van der Waals surface area contributed by atoms with Gasteiger partial charge in [0.05, 0.1) is 12.0 Å². The Kier molecular flexibility index (Phi) is 6.95. The van der Waals surface area contributed by atoms with Crippen LogP contribution in [0.4, 0.5) is 4.39 Å². The van der Waals surface area contributed by atoms with E-state index in [0.717, 1.165) is 31.2 Å². The van der Waals surface area contributed by atoms with Crippen LogP contribution < -0.4 is 0 Å². The molecule has 1 rings (SSSR count). The van der Waals surface area contributed by atoms with E-state index in [1.54, 1.807) is 12.1 Å². The number of benzene rings is 1. The highest BCUT2D eigenvalue weighted by molar-refractivity contribution is 5.31. The number of hydrogen-bond acceptors (Lipinski definition) is 2. The number of alkyl halides is 1. The standard InChI is InChI=1S/C16H22FNO/c1-2-3-4-5-6-15(17)11-14(12-18)13-7-9-16(19)10-8-13/h7-10,14-15,19H,2-6,11H2,1H3/t14-,15+/m0/s1. The molecule has 0 aromatic heterocycles. The van der Waals surface area contributed by atoms with Gasteiger partial charge in [-0.15, -0.1) is 0 Å². The fourth-order valence-corrected chi connectivity index (χ4v) is 2.14. The van der Waals surface area contributed by atoms with Crippen molar-refractivity contribution in [2.24, 2.45) is 0 Å². The van der Waals surface area contributed by atoms with Crippen LogP contribution in [0, 0.1) is 11.3 Å². The zero-order valence-corrected chi connectivity index (χ0v) is 11.5. The van der Waals surface area contributed by atoms with Crippen molar-refractivity contribution in [1.29, 1.82) is 5.26 Å². The second-order valence-electron chi connectivity index (χ2n) is 4.96. The van der Waals surface area contributed by atoms with Gasteiger partial charge < -0.3 is 5.11 Å². The summed E-state index contributed by atoms with van der Waals surface area (Å²) in [6.45, 7) is 2.13. The lowest BCUT2D eigenvalue weighted by Crippen LogP contribution is -2.07. The molecule has 0 radical (unpaired) electrons. The van der Waals surface area contributed by atoms with E-state index in [1.807, 2.05) is 0 Å². The van der Waals surface area contributed by atoms with Crippen molar-refractivity contribution in [3.05, 3.63) is 29.8 Å². The zero-order valence-electron chi connectivity index (χ0n) is 11.5. The fourth-order valence-electron chi connectivity index (χ4n) is 2.14. The normalized spacial score (nSPS) is 13.7. The molecule has 0 aliphatic rings. The molecule has 0 heterocycles. The predicted molar refractivity (Wildman–Crippen MR) is 74.7 cm³/mol. The molecule has 19 heavy (non-hydrogen) atoms. The van der Waals surface area contributed by atoms with Crippen molar-refractivity contribution < 1.29 is 9.50 Å². The number of rotatable bonds is 8. The number of phenolic OH excluding ortho intramolecular Hbond substituents is 1. The van der Waals surface area contributed by atoms with Crippen LogP contribution in [-0.4, -0.2) is 11.3 Å². The third-order valence-corrected chi connectivity index (χ3v) is 3.31. The molecule has 3 heteroatoms. The van der Waals surface area contributed by atoms with E-state index in [2.05, 4.69) is 13.0 Å². The van der Waals surface area contributed by atoms with Gasteiger partial charge in [0.25, 0.3) is 0 Å². The van der Waals surface area contributed by atoms with Crippen LogP contribution >= 0.6 is 0 Å². The van der Waals surface area contributed by atoms with Gasteiger partial charge >= 0.3 is 0 Å². The largest absolute Gasteiger partial charge is 0.508 e. The van der Waals surface area contributed by atoms with E-state index in [0.29, 0.717) is 6.42 Å². The molecule has 1 N–H and O–H groups in total. The quantitative estimate of drug-likeness (QED) is 0.691. The van der Waals surface area contributed by atoms with Gasteiger partial charge in [0.1, 0.15) is 11.9 Å². The maximum atomic E-state index is 13.8. The Balaban J connectivity index is 2.44. The molecule has 0 bridgehead atoms. The molecule has 0 saturated heterocycles. The lowest BCUT2D eigenvalue weighted by molar-refractivity contribution is 0.281. The van der Waals surface area contributed by atoms with Crippen LogP contribution in [-0.2, 0) is 0 Å². The van der Waals surface area contributed by atoms with Gasteiger partial charge in [-0.3, -0.25) is 0 Å². The third kappa shape index (κ3) is 5.74. The highest BCUT2D eigenvalue weighted by Crippen LogP contribution is 2.25. The molecule has 104 valence electrons. The van der Waals surface area contributed by atoms with Crippen LogP contribution in [0.2, 0.25) is 0 Å². The molecule has 0 fully saturated rings. The highest BCUT2D eigenvalue weighted by atomic mass is 19.1. The van der Waals surface area contributed by atoms with E-state index >= 15 is 0 Å². The Morgan fingerprint density at radius 1 is 1.21 bits per heavy atom. The van der Waals surface area contributed by atoms with Crippen LogP contribution in [0.1, 0.15) is 56.9 Å². The second-order valence-corrected chi connectivity index (χ2v) is 4.96. The van der Waals surface area contributed by atoms with E-state index in [4.69, 9.17) is 5.26 Å². The van der Waals surface area contributed by atoms with E-state index in [1.165, 1.54) is 12.1 Å². The summed E-state index contributed by atoms with van der Waals surface area (Å²) < 4.78 is 13.8. The van der Waals surface area contributed by atoms with E-state index < -0.39 is 12.1 Å². The maximum absolute atomic E-state index is 13.8. The van der Waals surface area contributed by atoms with Crippen molar-refractivity contribution >= 4 is 0 Å². The topological polar surface area (TPSA) is 44.0 Å². The Bertz CT molecular complexity index is 396. The lowest BCUT2D eigenvalue weighted by Gasteiger charge is -2.13. The molecular weight excluding hydrogens is 241 g/mol. The number of aromatic hydroxyl groups is 1. The summed E-state index contributed by atoms with van der Waals surface area (Å²) in [6.07, 6.45) is 4.10. The van der Waals surface area contributed by atoms with Crippen LogP contribution in [0.15, 0.2) is 24.3 Å². The van der Waals surface area contributed by atoms with Gasteiger partial charge in [0.15, 0.2) is 0 Å². The highest BCUT2D eigenvalue weighted by Gasteiger charge is 2.17. The summed E-state index contributed by atoms with van der Waals surface area (Å²) in [5.74, 6) is -0.265. The molecule has 0 aliphatic heterocycles. The van der Waals surface area contributed by atoms with Crippen molar-refractivity contribution in [2.45, 2.75) is 57.5 Å². The molecular formula is C16H22FNO. The first-order valence-electron chi connectivity index (χ1n) is 7.00. The number of nitriles is 1. The van der Waals surface area contributed by atoms with Crippen molar-refractivity contribution in [3.63, 3.8) is 0 Å². The van der Waals surface area contributed by atoms with Crippen LogP contribution in [0.3, 0.4) is 0 Å². The number of halogens is 1. The summed E-state index contributed by atoms with van der Waals surface area (Å²) in [4.78, 5) is 0. The van der Waals surface area contributed by atoms with Gasteiger partial charge in [0, 0.05) is 0 Å². The summed E-state index contributed by atoms with van der Waals surface area (Å²) in [7, 11) is 0. The summed E-state index contributed by atoms with van der Waals surface area (Å²) >= 11 is 0. The van der Waals surface area contributed by atoms with Crippen molar-refractivity contribution in [2.75, 3.05) is 0 Å². The van der Waals surface area contributed by atoms with Crippen LogP contribution in [0.25, 0.3) is 0 Å². The van der Waals surface area contributed by atoms with Crippen LogP contribution in [0.5, 0.6) is 5.75 Å². The van der Waals surface area contributed by atoms with Gasteiger partial charge in [-0.25, -0.2) is 4.39 Å². The predicted octanol–water partition coefficient (Wildman–Crippen LogP) is 4.70. The Morgan fingerprint density at radius 2 is 1.89 bits per heavy atom. The zero-order chi connectivity index (χ0) is 14.1. The first-order chi connectivity index (χ1) is 9.17. The van der Waals surface area contributed by atoms with Gasteiger partial charge in [-0.2, -0.15) is 5.26 Å². The molecule has 2 nitrogen and oxygen atoms in total. The Morgan fingerprint density at radius 3 is 2.47 bits per heavy atom. The summed E-state index contributed by atoms with van der Waals surface area (Å²) in [6, 6.07) is 8.60. The van der Waals surface area contributed by atoms with Crippen molar-refractivity contribution in [1.82, 2.24) is 0 Å². The first-order valence-corrected chi connectivity index (χ1v) is 7.00. The molecule has 0 saturated carbocycles. The minimum atomic E-state index is -0.921. The molecule has 1 aromatic rings. The lowest BCUT2D eigenvalue weighted by atomic mass is 9.93. The maximum Gasteiger partial charge on any atom is 0.115 e. The van der Waals surface area contributed by atoms with E-state index in [9.17, 15) is 9.50 Å². The van der Waals surface area contributed by atoms with Gasteiger partial charge in [-0.1, -0.05) is 44.7 Å². The van der Waals surface area contributed by atoms with E-state index in [-0.39, 0.29) is 12.2 Å². The minimum absolute atomic E-state index is 0.164. The average Bonchev–Trinajstić information content (AvgIpc) is 2.42. The number of nitrogens with zero attached hydrogens (tertiary/aromatic N) is 1. The van der Waals surface area contributed by atoms with Gasteiger partial charge in [0.2, 0.25) is 0 Å². The number of phenols is 1. The summed E-state index contributed by atoms with van der Waals surface area (Å²) in [5, 5.41) is 18.3. The molecule has 0 spiro atoms. The van der Waals surface area contributed by atoms with Gasteiger partial charge in [-0.05, 0) is 30.5 Å². The number of hydrogen-bond donors (Lipinski definition) is 1. The fraction of sp³-hybridized carbons (Fsp3) is 0.562. The molecule has 1 aromatic carbocycles. The Labute approximate surface area is 114 Å². The smallest absolute Gasteiger partial charge is 0.115 e. The average molecular weight is 263 g/mol. The summed E-state index contributed by atoms with van der Waals surface area (Å²) in [5.41, 5.74) is 0.775. The third-order valence-electron chi connectivity index (χ3n) is 3.31. The first kappa shape index (κ1) is 15.5. The second kappa shape index (κ2) is 8.53. The Hall–Kier alpha value is -1.56. The van der Waals surface area contributed by atoms with Crippen molar-refractivity contribution in [3.8, 4) is 11.8 Å². The minimum Gasteiger partial charge on any atom is -0.508 e. The SMILES string of the molecule is CCCCCC[C@@H](F)C[C@@H](C#N)c1ccc(O)cc1. The molecule has 0 amide bonds. The number of unbranched alkanes of at least 4 members (excludes halogenated alkanes) is 3. The monoisotopic (exact) mass is 263 g/mol.